The molecule has 6 nitrogen and oxygen atoms in total. The number of nitrogens with one attached hydrogen (secondary N) is 1. The number of aryl methyl sites for hydroxylation is 1. The molecule has 1 aromatic carbocycles. The summed E-state index contributed by atoms with van der Waals surface area (Å²) in [7, 11) is 3.77. The highest BCUT2D eigenvalue weighted by atomic mass is 16.5. The summed E-state index contributed by atoms with van der Waals surface area (Å²) in [4.78, 5) is 30.0. The van der Waals surface area contributed by atoms with Crippen molar-refractivity contribution < 1.29 is 14.3 Å². The maximum atomic E-state index is 13.1. The van der Waals surface area contributed by atoms with Crippen molar-refractivity contribution in [3.8, 4) is 0 Å². The van der Waals surface area contributed by atoms with Crippen LogP contribution in [-0.2, 0) is 14.3 Å². The van der Waals surface area contributed by atoms with Crippen LogP contribution in [0.2, 0.25) is 0 Å². The Morgan fingerprint density at radius 2 is 1.96 bits per heavy atom. The van der Waals surface area contributed by atoms with Crippen LogP contribution < -0.4 is 5.32 Å². The minimum atomic E-state index is -0.350. The van der Waals surface area contributed by atoms with Gasteiger partial charge in [-0.25, -0.2) is 0 Å². The lowest BCUT2D eigenvalue weighted by atomic mass is 9.89. The molecule has 3 rings (SSSR count). The van der Waals surface area contributed by atoms with Gasteiger partial charge in [-0.3, -0.25) is 9.59 Å². The van der Waals surface area contributed by atoms with E-state index in [1.807, 2.05) is 36.1 Å². The number of piperidine rings is 1. The zero-order valence-corrected chi connectivity index (χ0v) is 17.3. The summed E-state index contributed by atoms with van der Waals surface area (Å²) in [5.74, 6) is 0.209. The van der Waals surface area contributed by atoms with Gasteiger partial charge in [0.1, 0.15) is 0 Å². The summed E-state index contributed by atoms with van der Waals surface area (Å²) in [6.07, 6.45) is 2.49. The summed E-state index contributed by atoms with van der Waals surface area (Å²) < 4.78 is 5.20. The molecule has 0 spiro atoms. The van der Waals surface area contributed by atoms with E-state index < -0.39 is 0 Å². The molecular formula is C22H33N3O3. The smallest absolute Gasteiger partial charge is 0.226 e. The van der Waals surface area contributed by atoms with Crippen molar-refractivity contribution in [2.24, 2.45) is 11.8 Å². The highest BCUT2D eigenvalue weighted by Crippen LogP contribution is 2.39. The van der Waals surface area contributed by atoms with Crippen LogP contribution in [-0.4, -0.2) is 68.6 Å². The third-order valence-electron chi connectivity index (χ3n) is 6.22. The Hall–Kier alpha value is -1.92. The Balaban J connectivity index is 1.72. The van der Waals surface area contributed by atoms with Crippen LogP contribution in [0.15, 0.2) is 24.3 Å². The van der Waals surface area contributed by atoms with E-state index in [1.165, 1.54) is 0 Å². The molecule has 0 aliphatic carbocycles. The molecule has 6 heteroatoms. The van der Waals surface area contributed by atoms with E-state index in [9.17, 15) is 9.59 Å². The standard InChI is InChI=1S/C22H33N3O3/c1-16-6-4-5-7-18(16)21-19(14-20(26)25(21)12-13-28-3)22(27)23-15-17-8-10-24(2)11-9-17/h4-7,17,19,21H,8-15H2,1-3H3,(H,23,27)/t19-,21+/m1/s1. The largest absolute Gasteiger partial charge is 0.383 e. The van der Waals surface area contributed by atoms with Crippen LogP contribution in [0.3, 0.4) is 0 Å². The van der Waals surface area contributed by atoms with Gasteiger partial charge in [-0.2, -0.15) is 0 Å². The molecule has 2 atom stereocenters. The summed E-state index contributed by atoms with van der Waals surface area (Å²) in [6, 6.07) is 7.83. The van der Waals surface area contributed by atoms with Crippen molar-refractivity contribution >= 4 is 11.8 Å². The molecule has 2 aliphatic rings. The fourth-order valence-electron chi connectivity index (χ4n) is 4.42. The first kappa shape index (κ1) is 20.8. The van der Waals surface area contributed by atoms with Gasteiger partial charge in [-0.05, 0) is 56.9 Å². The molecule has 0 radical (unpaired) electrons. The molecule has 0 bridgehead atoms. The second-order valence-electron chi connectivity index (χ2n) is 8.18. The SMILES string of the molecule is COCCN1C(=O)C[C@@H](C(=O)NCC2CCN(C)CC2)[C@@H]1c1ccccc1C. The summed E-state index contributed by atoms with van der Waals surface area (Å²) >= 11 is 0. The fraction of sp³-hybridized carbons (Fsp3) is 0.636. The van der Waals surface area contributed by atoms with E-state index in [-0.39, 0.29) is 30.2 Å². The zero-order valence-electron chi connectivity index (χ0n) is 17.3. The lowest BCUT2D eigenvalue weighted by Gasteiger charge is -2.31. The van der Waals surface area contributed by atoms with Crippen LogP contribution in [0.1, 0.15) is 36.4 Å². The predicted octanol–water partition coefficient (Wildman–Crippen LogP) is 1.99. The maximum Gasteiger partial charge on any atom is 0.226 e. The van der Waals surface area contributed by atoms with Crippen molar-refractivity contribution in [2.75, 3.05) is 46.9 Å². The summed E-state index contributed by atoms with van der Waals surface area (Å²) in [5.41, 5.74) is 2.17. The molecule has 0 unspecified atom stereocenters. The Morgan fingerprint density at radius 1 is 1.25 bits per heavy atom. The van der Waals surface area contributed by atoms with E-state index in [0.717, 1.165) is 37.1 Å². The first-order valence-electron chi connectivity index (χ1n) is 10.3. The van der Waals surface area contributed by atoms with Crippen LogP contribution in [0.4, 0.5) is 0 Å². The normalized spacial score (nSPS) is 24.0. The van der Waals surface area contributed by atoms with Gasteiger partial charge in [-0.1, -0.05) is 24.3 Å². The Labute approximate surface area is 168 Å². The number of carbonyl (C=O) groups is 2. The van der Waals surface area contributed by atoms with Crippen LogP contribution in [0, 0.1) is 18.8 Å². The number of carbonyl (C=O) groups excluding carboxylic acids is 2. The first-order chi connectivity index (χ1) is 13.5. The summed E-state index contributed by atoms with van der Waals surface area (Å²) in [5, 5.41) is 3.16. The number of hydrogen-bond donors (Lipinski definition) is 1. The monoisotopic (exact) mass is 387 g/mol. The quantitative estimate of drug-likeness (QED) is 0.777. The van der Waals surface area contributed by atoms with Crippen LogP contribution in [0.5, 0.6) is 0 Å². The third kappa shape index (κ3) is 4.73. The van der Waals surface area contributed by atoms with E-state index in [4.69, 9.17) is 4.74 Å². The van der Waals surface area contributed by atoms with E-state index >= 15 is 0 Å². The number of nitrogens with zero attached hydrogens (tertiary/aromatic N) is 2. The first-order valence-corrected chi connectivity index (χ1v) is 10.3. The molecule has 2 aliphatic heterocycles. The molecule has 2 fully saturated rings. The molecule has 0 aromatic heterocycles. The average Bonchev–Trinajstić information content (AvgIpc) is 3.02. The van der Waals surface area contributed by atoms with Crippen molar-refractivity contribution in [3.63, 3.8) is 0 Å². The number of likely N-dealkylation sites (tertiary alicyclic amines) is 2. The Bertz CT molecular complexity index is 685. The molecule has 1 N–H and O–H groups in total. The van der Waals surface area contributed by atoms with E-state index in [1.54, 1.807) is 7.11 Å². The number of benzene rings is 1. The number of ether oxygens (including phenoxy) is 1. The third-order valence-corrected chi connectivity index (χ3v) is 6.22. The molecule has 154 valence electrons. The maximum absolute atomic E-state index is 13.1. The van der Waals surface area contributed by atoms with Gasteiger partial charge < -0.3 is 19.9 Å². The van der Waals surface area contributed by atoms with Gasteiger partial charge in [0.25, 0.3) is 0 Å². The Morgan fingerprint density at radius 3 is 2.64 bits per heavy atom. The van der Waals surface area contributed by atoms with Gasteiger partial charge in [0.05, 0.1) is 18.6 Å². The number of rotatable bonds is 7. The van der Waals surface area contributed by atoms with Gasteiger partial charge in [0.2, 0.25) is 11.8 Å². The highest BCUT2D eigenvalue weighted by Gasteiger charge is 2.44. The summed E-state index contributed by atoms with van der Waals surface area (Å²) in [6.45, 7) is 5.89. The fourth-order valence-corrected chi connectivity index (χ4v) is 4.42. The highest BCUT2D eigenvalue weighted by molar-refractivity contribution is 5.90. The second kappa shape index (κ2) is 9.52. The topological polar surface area (TPSA) is 61.9 Å². The minimum Gasteiger partial charge on any atom is -0.383 e. The van der Waals surface area contributed by atoms with Gasteiger partial charge >= 0.3 is 0 Å². The second-order valence-corrected chi connectivity index (χ2v) is 8.18. The average molecular weight is 388 g/mol. The zero-order chi connectivity index (χ0) is 20.1. The van der Waals surface area contributed by atoms with E-state index in [2.05, 4.69) is 17.3 Å². The van der Waals surface area contributed by atoms with Gasteiger partial charge in [-0.15, -0.1) is 0 Å². The van der Waals surface area contributed by atoms with Crippen molar-refractivity contribution in [1.29, 1.82) is 0 Å². The molecular weight excluding hydrogens is 354 g/mol. The molecule has 0 saturated carbocycles. The van der Waals surface area contributed by atoms with Crippen molar-refractivity contribution in [1.82, 2.24) is 15.1 Å². The molecule has 2 saturated heterocycles. The number of amides is 2. The molecule has 28 heavy (non-hydrogen) atoms. The van der Waals surface area contributed by atoms with Crippen LogP contribution in [0.25, 0.3) is 0 Å². The molecule has 2 amide bonds. The lowest BCUT2D eigenvalue weighted by molar-refractivity contribution is -0.129. The Kier molecular flexibility index (Phi) is 7.08. The predicted molar refractivity (Wildman–Crippen MR) is 109 cm³/mol. The van der Waals surface area contributed by atoms with Gasteiger partial charge in [0, 0.05) is 26.6 Å². The molecule has 2 heterocycles. The van der Waals surface area contributed by atoms with E-state index in [0.29, 0.717) is 25.6 Å². The minimum absolute atomic E-state index is 0.000415. The van der Waals surface area contributed by atoms with Crippen LogP contribution >= 0.6 is 0 Å². The number of hydrogen-bond acceptors (Lipinski definition) is 4. The number of methoxy groups -OCH3 is 1. The molecule has 1 aromatic rings. The lowest BCUT2D eigenvalue weighted by Crippen LogP contribution is -2.41. The van der Waals surface area contributed by atoms with Crippen molar-refractivity contribution in [3.05, 3.63) is 35.4 Å². The van der Waals surface area contributed by atoms with Gasteiger partial charge in [0.15, 0.2) is 0 Å². The van der Waals surface area contributed by atoms with Crippen molar-refractivity contribution in [2.45, 2.75) is 32.2 Å².